The lowest BCUT2D eigenvalue weighted by molar-refractivity contribution is -0.161. The van der Waals surface area contributed by atoms with E-state index in [-0.39, 0.29) is 12.0 Å². The molecule has 0 spiro atoms. The molecule has 0 bridgehead atoms. The van der Waals surface area contributed by atoms with Crippen LogP contribution in [0.25, 0.3) is 0 Å². The summed E-state index contributed by atoms with van der Waals surface area (Å²) in [6, 6.07) is 2.23. The monoisotopic (exact) mass is 377 g/mol. The van der Waals surface area contributed by atoms with E-state index in [2.05, 4.69) is 10.1 Å². The van der Waals surface area contributed by atoms with Crippen LogP contribution in [0.2, 0.25) is 5.02 Å². The molecule has 1 saturated heterocycles. The van der Waals surface area contributed by atoms with Crippen LogP contribution >= 0.6 is 11.6 Å². The standard InChI is InChI=1S/C16H15ClF3NO4/c17-11-4-3-9(8-10(11)16(18,19)20)13(22)5-6-14(23)25-15(24)12-2-1-7-21-12/h3-4,8,12,21H,1-2,5-7H2/t12-/m0/s1. The van der Waals surface area contributed by atoms with Crippen molar-refractivity contribution in [1.82, 2.24) is 5.32 Å². The van der Waals surface area contributed by atoms with Gasteiger partial charge in [0.05, 0.1) is 17.0 Å². The Bertz CT molecular complexity index is 684. The van der Waals surface area contributed by atoms with Gasteiger partial charge in [0.25, 0.3) is 0 Å². The number of esters is 2. The van der Waals surface area contributed by atoms with E-state index in [1.807, 2.05) is 0 Å². The molecule has 9 heteroatoms. The van der Waals surface area contributed by atoms with Gasteiger partial charge in [0.1, 0.15) is 6.04 Å². The number of carbonyl (C=O) groups excluding carboxylic acids is 3. The van der Waals surface area contributed by atoms with Crippen LogP contribution in [0.15, 0.2) is 18.2 Å². The molecule has 0 aromatic heterocycles. The third-order valence-electron chi connectivity index (χ3n) is 3.71. The highest BCUT2D eigenvalue weighted by Gasteiger charge is 2.34. The van der Waals surface area contributed by atoms with Gasteiger partial charge in [-0.05, 0) is 37.6 Å². The van der Waals surface area contributed by atoms with E-state index in [0.29, 0.717) is 19.0 Å². The first-order chi connectivity index (χ1) is 11.7. The van der Waals surface area contributed by atoms with Gasteiger partial charge in [0.15, 0.2) is 5.78 Å². The molecular formula is C16H15ClF3NO4. The second-order valence-corrected chi connectivity index (χ2v) is 5.96. The summed E-state index contributed by atoms with van der Waals surface area (Å²) < 4.78 is 43.0. The third-order valence-corrected chi connectivity index (χ3v) is 4.04. The fraction of sp³-hybridized carbons (Fsp3) is 0.438. The number of benzene rings is 1. The number of alkyl halides is 3. The fourth-order valence-corrected chi connectivity index (χ4v) is 2.62. The van der Waals surface area contributed by atoms with Gasteiger partial charge in [-0.2, -0.15) is 13.2 Å². The smallest absolute Gasteiger partial charge is 0.392 e. The van der Waals surface area contributed by atoms with Crippen LogP contribution in [0.3, 0.4) is 0 Å². The molecular weight excluding hydrogens is 363 g/mol. The lowest BCUT2D eigenvalue weighted by atomic mass is 10.0. The van der Waals surface area contributed by atoms with Crippen LogP contribution in [0, 0.1) is 0 Å². The first-order valence-corrected chi connectivity index (χ1v) is 7.94. The Morgan fingerprint density at radius 1 is 1.24 bits per heavy atom. The van der Waals surface area contributed by atoms with E-state index in [1.165, 1.54) is 0 Å². The summed E-state index contributed by atoms with van der Waals surface area (Å²) in [6.07, 6.45) is -4.10. The number of ether oxygens (including phenoxy) is 1. The maximum Gasteiger partial charge on any atom is 0.417 e. The highest BCUT2D eigenvalue weighted by atomic mass is 35.5. The van der Waals surface area contributed by atoms with Gasteiger partial charge in [0, 0.05) is 12.0 Å². The van der Waals surface area contributed by atoms with E-state index in [4.69, 9.17) is 11.6 Å². The number of nitrogens with one attached hydrogen (secondary N) is 1. The molecule has 1 heterocycles. The van der Waals surface area contributed by atoms with Crippen LogP contribution in [-0.2, 0) is 20.5 Å². The zero-order chi connectivity index (χ0) is 18.6. The number of hydrogen-bond acceptors (Lipinski definition) is 5. The van der Waals surface area contributed by atoms with Crippen molar-refractivity contribution >= 4 is 29.3 Å². The van der Waals surface area contributed by atoms with Crippen molar-refractivity contribution in [2.24, 2.45) is 0 Å². The number of hydrogen-bond donors (Lipinski definition) is 1. The Labute approximate surface area is 146 Å². The van der Waals surface area contributed by atoms with Gasteiger partial charge in [0.2, 0.25) is 0 Å². The average Bonchev–Trinajstić information content (AvgIpc) is 3.06. The summed E-state index contributed by atoms with van der Waals surface area (Å²) >= 11 is 5.48. The zero-order valence-corrected chi connectivity index (χ0v) is 13.7. The molecule has 2 rings (SSSR count). The summed E-state index contributed by atoms with van der Waals surface area (Å²) in [7, 11) is 0. The van der Waals surface area contributed by atoms with Gasteiger partial charge >= 0.3 is 18.1 Å². The van der Waals surface area contributed by atoms with Crippen molar-refractivity contribution in [3.8, 4) is 0 Å². The predicted molar refractivity (Wildman–Crippen MR) is 82.1 cm³/mol. The highest BCUT2D eigenvalue weighted by Crippen LogP contribution is 2.35. The van der Waals surface area contributed by atoms with Crippen molar-refractivity contribution in [1.29, 1.82) is 0 Å². The molecule has 1 fully saturated rings. The SMILES string of the molecule is O=C(CCC(=O)c1ccc(Cl)c(C(F)(F)F)c1)OC(=O)[C@@H]1CCCN1. The first-order valence-electron chi connectivity index (χ1n) is 7.56. The Kier molecular flexibility index (Phi) is 6.18. The Morgan fingerprint density at radius 2 is 1.96 bits per heavy atom. The number of ketones is 1. The van der Waals surface area contributed by atoms with Gasteiger partial charge in [-0.3, -0.25) is 9.59 Å². The number of carbonyl (C=O) groups is 3. The number of rotatable bonds is 5. The Hall–Kier alpha value is -1.93. The molecule has 0 unspecified atom stereocenters. The minimum atomic E-state index is -4.69. The topological polar surface area (TPSA) is 72.5 Å². The summed E-state index contributed by atoms with van der Waals surface area (Å²) in [5.41, 5.74) is -1.33. The second-order valence-electron chi connectivity index (χ2n) is 5.56. The Balaban J connectivity index is 1.91. The third kappa shape index (κ3) is 5.27. The van der Waals surface area contributed by atoms with E-state index >= 15 is 0 Å². The highest BCUT2D eigenvalue weighted by molar-refractivity contribution is 6.31. The molecule has 1 aliphatic rings. The van der Waals surface area contributed by atoms with Crippen molar-refractivity contribution < 1.29 is 32.3 Å². The molecule has 5 nitrogen and oxygen atoms in total. The van der Waals surface area contributed by atoms with Crippen molar-refractivity contribution in [3.05, 3.63) is 34.3 Å². The zero-order valence-electron chi connectivity index (χ0n) is 13.0. The minimum Gasteiger partial charge on any atom is -0.392 e. The van der Waals surface area contributed by atoms with E-state index in [1.54, 1.807) is 0 Å². The molecule has 1 aliphatic heterocycles. The molecule has 0 radical (unpaired) electrons. The molecule has 0 saturated carbocycles. The Morgan fingerprint density at radius 3 is 2.56 bits per heavy atom. The average molecular weight is 378 g/mol. The maximum atomic E-state index is 12.8. The van der Waals surface area contributed by atoms with Crippen LogP contribution in [0.1, 0.15) is 41.6 Å². The maximum absolute atomic E-state index is 12.8. The summed E-state index contributed by atoms with van der Waals surface area (Å²) in [4.78, 5) is 35.2. The van der Waals surface area contributed by atoms with Gasteiger partial charge in [-0.1, -0.05) is 11.6 Å². The normalized spacial score (nSPS) is 17.4. The lowest BCUT2D eigenvalue weighted by Crippen LogP contribution is -2.33. The van der Waals surface area contributed by atoms with Gasteiger partial charge < -0.3 is 10.1 Å². The first kappa shape index (κ1) is 19.4. The minimum absolute atomic E-state index is 0.215. The van der Waals surface area contributed by atoms with Crippen LogP contribution in [0.4, 0.5) is 13.2 Å². The van der Waals surface area contributed by atoms with Gasteiger partial charge in [-0.25, -0.2) is 4.79 Å². The number of halogens is 4. The summed E-state index contributed by atoms with van der Waals surface area (Å²) in [6.45, 7) is 0.657. The van der Waals surface area contributed by atoms with Crippen molar-refractivity contribution in [2.75, 3.05) is 6.54 Å². The molecule has 0 aliphatic carbocycles. The predicted octanol–water partition coefficient (Wildman–Crippen LogP) is 3.14. The molecule has 136 valence electrons. The molecule has 1 N–H and O–H groups in total. The van der Waals surface area contributed by atoms with Crippen molar-refractivity contribution in [3.63, 3.8) is 0 Å². The molecule has 1 aromatic carbocycles. The van der Waals surface area contributed by atoms with E-state index in [9.17, 15) is 27.6 Å². The van der Waals surface area contributed by atoms with Crippen LogP contribution in [0.5, 0.6) is 0 Å². The second kappa shape index (κ2) is 7.97. The molecule has 1 atom stereocenters. The molecule has 1 aromatic rings. The van der Waals surface area contributed by atoms with Crippen molar-refractivity contribution in [2.45, 2.75) is 37.9 Å². The summed E-state index contributed by atoms with van der Waals surface area (Å²) in [5.74, 6) is -2.27. The van der Waals surface area contributed by atoms with Crippen LogP contribution < -0.4 is 5.32 Å². The van der Waals surface area contributed by atoms with E-state index < -0.39 is 46.9 Å². The lowest BCUT2D eigenvalue weighted by Gasteiger charge is -2.11. The van der Waals surface area contributed by atoms with Crippen LogP contribution in [-0.4, -0.2) is 30.3 Å². The van der Waals surface area contributed by atoms with E-state index in [0.717, 1.165) is 18.6 Å². The largest absolute Gasteiger partial charge is 0.417 e. The quantitative estimate of drug-likeness (QED) is 0.485. The number of Topliss-reactive ketones (excluding diaryl/α,β-unsaturated/α-hetero) is 1. The van der Waals surface area contributed by atoms with Gasteiger partial charge in [-0.15, -0.1) is 0 Å². The molecule has 0 amide bonds. The summed E-state index contributed by atoms with van der Waals surface area (Å²) in [5, 5.41) is 2.35. The molecule has 25 heavy (non-hydrogen) atoms. The fourth-order valence-electron chi connectivity index (χ4n) is 2.40.